The van der Waals surface area contributed by atoms with Crippen LogP contribution in [-0.4, -0.2) is 15.0 Å². The van der Waals surface area contributed by atoms with Crippen molar-refractivity contribution < 1.29 is 9.09 Å². The Morgan fingerprint density at radius 2 is 1.80 bits per heavy atom. The summed E-state index contributed by atoms with van der Waals surface area (Å²) in [7, 11) is 0.398. The van der Waals surface area contributed by atoms with Gasteiger partial charge in [-0.2, -0.15) is 0 Å². The van der Waals surface area contributed by atoms with Crippen LogP contribution in [0.3, 0.4) is 0 Å². The molecule has 3 nitrogen and oxygen atoms in total. The minimum absolute atomic E-state index is 0.712. The van der Waals surface area contributed by atoms with Crippen molar-refractivity contribution in [2.75, 3.05) is 12.2 Å². The third-order valence-electron chi connectivity index (χ3n) is 4.14. The molecule has 2 aromatic carbocycles. The summed E-state index contributed by atoms with van der Waals surface area (Å²) < 4.78 is 18.8. The first kappa shape index (κ1) is 18.0. The van der Waals surface area contributed by atoms with Crippen molar-refractivity contribution in [2.45, 2.75) is 13.8 Å². The number of anilines is 1. The molecule has 0 saturated carbocycles. The largest absolute Gasteiger partial charge is 0.323 e. The number of rotatable bonds is 5. The molecular weight excluding hydrogens is 348 g/mol. The second kappa shape index (κ2) is 7.21. The third-order valence-corrected chi connectivity index (χ3v) is 7.32. The summed E-state index contributed by atoms with van der Waals surface area (Å²) >= 11 is 1.62. The Morgan fingerprint density at radius 1 is 1.08 bits per heavy atom. The fraction of sp³-hybridized carbons (Fsp3) is 0.158. The number of thiophene rings is 1. The summed E-state index contributed by atoms with van der Waals surface area (Å²) in [6.45, 7) is 3.98. The highest BCUT2D eigenvalue weighted by Gasteiger charge is 2.27. The second-order valence-corrected chi connectivity index (χ2v) is 9.29. The third kappa shape index (κ3) is 3.90. The first-order chi connectivity index (χ1) is 11.9. The smallest absolute Gasteiger partial charge is 0.314 e. The average Bonchev–Trinajstić information content (AvgIpc) is 3.03. The maximum atomic E-state index is 13.3. The summed E-state index contributed by atoms with van der Waals surface area (Å²) in [5.74, 6) is 0. The number of hydrogen-bond donors (Lipinski definition) is 1. The van der Waals surface area contributed by atoms with E-state index in [2.05, 4.69) is 37.2 Å². The maximum Gasteiger partial charge on any atom is 0.323 e. The van der Waals surface area contributed by atoms with E-state index >= 15 is 0 Å². The van der Waals surface area contributed by atoms with Crippen LogP contribution in [0.1, 0.15) is 11.1 Å². The van der Waals surface area contributed by atoms with Crippen LogP contribution in [-0.2, 0) is 9.09 Å². The highest BCUT2D eigenvalue weighted by atomic mass is 32.1. The fourth-order valence-electron chi connectivity index (χ4n) is 2.77. The van der Waals surface area contributed by atoms with Crippen molar-refractivity contribution in [3.63, 3.8) is 0 Å². The quantitative estimate of drug-likeness (QED) is 0.548. The van der Waals surface area contributed by atoms with Crippen molar-refractivity contribution in [2.24, 2.45) is 0 Å². The molecule has 0 saturated heterocycles. The molecule has 0 aliphatic rings. The molecule has 128 valence electrons. The van der Waals surface area contributed by atoms with Gasteiger partial charge in [-0.15, -0.1) is 11.3 Å². The van der Waals surface area contributed by atoms with E-state index < -0.39 is 7.52 Å². The van der Waals surface area contributed by atoms with Gasteiger partial charge in [0.2, 0.25) is 0 Å². The van der Waals surface area contributed by atoms with Crippen molar-refractivity contribution in [3.8, 4) is 10.4 Å². The molecule has 1 aromatic heterocycles. The average molecular weight is 369 g/mol. The van der Waals surface area contributed by atoms with E-state index in [1.165, 1.54) is 12.6 Å². The molecule has 25 heavy (non-hydrogen) atoms. The van der Waals surface area contributed by atoms with Gasteiger partial charge in [0.05, 0.1) is 11.0 Å². The SMILES string of the molecule is Bc1ccc(-c2cc(NP(=O)(OC)c3ccc(C)cc3C)cs2)cc1. The Balaban J connectivity index is 1.89. The minimum Gasteiger partial charge on any atom is -0.314 e. The first-order valence-electron chi connectivity index (χ1n) is 8.09. The van der Waals surface area contributed by atoms with Crippen LogP contribution in [0.4, 0.5) is 5.69 Å². The van der Waals surface area contributed by atoms with Gasteiger partial charge in [-0.1, -0.05) is 47.4 Å². The molecule has 0 aliphatic carbocycles. The second-order valence-electron chi connectivity index (χ2n) is 6.20. The topological polar surface area (TPSA) is 38.3 Å². The molecule has 3 rings (SSSR count). The van der Waals surface area contributed by atoms with E-state index in [0.717, 1.165) is 27.3 Å². The highest BCUT2D eigenvalue weighted by molar-refractivity contribution is 7.68. The molecular formula is C19H21BNO2PS. The first-order valence-corrected chi connectivity index (χ1v) is 10.6. The van der Waals surface area contributed by atoms with Gasteiger partial charge in [0, 0.05) is 17.4 Å². The molecule has 0 fully saturated rings. The van der Waals surface area contributed by atoms with E-state index in [0.29, 0.717) is 5.30 Å². The Morgan fingerprint density at radius 3 is 2.44 bits per heavy atom. The number of hydrogen-bond acceptors (Lipinski definition) is 3. The van der Waals surface area contributed by atoms with Crippen LogP contribution in [0.2, 0.25) is 0 Å². The van der Waals surface area contributed by atoms with Crippen LogP contribution >= 0.6 is 18.9 Å². The lowest BCUT2D eigenvalue weighted by atomic mass is 9.95. The lowest BCUT2D eigenvalue weighted by molar-refractivity contribution is 0.407. The molecule has 1 atom stereocenters. The molecule has 6 heteroatoms. The van der Waals surface area contributed by atoms with Crippen LogP contribution in [0.15, 0.2) is 53.9 Å². The molecule has 1 unspecified atom stereocenters. The summed E-state index contributed by atoms with van der Waals surface area (Å²) in [5.41, 5.74) is 5.30. The monoisotopic (exact) mass is 369 g/mol. The van der Waals surface area contributed by atoms with Crippen molar-refractivity contribution >= 4 is 43.2 Å². The maximum absolute atomic E-state index is 13.3. The lowest BCUT2D eigenvalue weighted by Crippen LogP contribution is -2.16. The Bertz CT molecular complexity index is 937. The van der Waals surface area contributed by atoms with Gasteiger partial charge in [-0.3, -0.25) is 4.57 Å². The van der Waals surface area contributed by atoms with Gasteiger partial charge in [0.1, 0.15) is 7.85 Å². The summed E-state index contributed by atoms with van der Waals surface area (Å²) in [6, 6.07) is 16.3. The predicted octanol–water partition coefficient (Wildman–Crippen LogP) is 3.87. The predicted molar refractivity (Wildman–Crippen MR) is 112 cm³/mol. The van der Waals surface area contributed by atoms with Gasteiger partial charge >= 0.3 is 7.52 Å². The highest BCUT2D eigenvalue weighted by Crippen LogP contribution is 2.47. The number of benzene rings is 2. The Hall–Kier alpha value is -1.81. The molecule has 1 heterocycles. The van der Waals surface area contributed by atoms with Crippen LogP contribution in [0.5, 0.6) is 0 Å². The van der Waals surface area contributed by atoms with E-state index in [4.69, 9.17) is 4.52 Å². The number of nitrogens with one attached hydrogen (secondary N) is 1. The molecule has 0 spiro atoms. The lowest BCUT2D eigenvalue weighted by Gasteiger charge is -2.20. The summed E-state index contributed by atoms with van der Waals surface area (Å²) in [6.07, 6.45) is 0. The van der Waals surface area contributed by atoms with E-state index in [9.17, 15) is 4.57 Å². The molecule has 0 amide bonds. The van der Waals surface area contributed by atoms with Gasteiger partial charge in [0.25, 0.3) is 0 Å². The zero-order chi connectivity index (χ0) is 18.0. The summed E-state index contributed by atoms with van der Waals surface area (Å²) in [4.78, 5) is 1.13. The van der Waals surface area contributed by atoms with Crippen molar-refractivity contribution in [3.05, 3.63) is 65.0 Å². The standard InChI is InChI=1S/C19H21BNO2PS/c1-13-4-9-18(14(2)10-13)24(22,23-3)21-17-11-19(25-12-17)15-5-7-16(20)8-6-15/h4-12H,20H2,1-3H3,(H,21,22). The zero-order valence-corrected chi connectivity index (χ0v) is 16.6. The minimum atomic E-state index is -3.16. The van der Waals surface area contributed by atoms with Gasteiger partial charge < -0.3 is 9.61 Å². The van der Waals surface area contributed by atoms with Gasteiger partial charge in [-0.25, -0.2) is 0 Å². The van der Waals surface area contributed by atoms with Crippen molar-refractivity contribution in [1.82, 2.24) is 0 Å². The van der Waals surface area contributed by atoms with Crippen LogP contribution in [0.25, 0.3) is 10.4 Å². The van der Waals surface area contributed by atoms with Crippen molar-refractivity contribution in [1.29, 1.82) is 0 Å². The molecule has 3 aromatic rings. The van der Waals surface area contributed by atoms with Gasteiger partial charge in [-0.05, 0) is 37.1 Å². The number of aryl methyl sites for hydroxylation is 2. The van der Waals surface area contributed by atoms with Gasteiger partial charge in [0.15, 0.2) is 0 Å². The molecule has 0 bridgehead atoms. The molecule has 0 aliphatic heterocycles. The normalized spacial score (nSPS) is 13.4. The van der Waals surface area contributed by atoms with Crippen LogP contribution < -0.4 is 15.9 Å². The van der Waals surface area contributed by atoms with Crippen LogP contribution in [0, 0.1) is 13.8 Å². The fourth-order valence-corrected chi connectivity index (χ4v) is 5.39. The zero-order valence-electron chi connectivity index (χ0n) is 14.9. The Labute approximate surface area is 154 Å². The van der Waals surface area contributed by atoms with E-state index in [-0.39, 0.29) is 0 Å². The van der Waals surface area contributed by atoms with E-state index in [1.807, 2.05) is 43.5 Å². The summed E-state index contributed by atoms with van der Waals surface area (Å²) in [5, 5.41) is 5.82. The molecule has 0 radical (unpaired) electrons. The Kier molecular flexibility index (Phi) is 5.19. The van der Waals surface area contributed by atoms with E-state index in [1.54, 1.807) is 11.3 Å². The molecule has 1 N–H and O–H groups in total.